The number of likely N-dealkylation sites (N-methyl/N-ethyl adjacent to an activating group) is 1. The Kier molecular flexibility index (Phi) is 4.83. The summed E-state index contributed by atoms with van der Waals surface area (Å²) in [6.07, 6.45) is -4.32. The van der Waals surface area contributed by atoms with E-state index in [0.29, 0.717) is 22.8 Å². The minimum Gasteiger partial charge on any atom is -0.493 e. The second kappa shape index (κ2) is 7.13. The Bertz CT molecular complexity index is 1160. The van der Waals surface area contributed by atoms with Crippen molar-refractivity contribution in [3.63, 3.8) is 0 Å². The van der Waals surface area contributed by atoms with Gasteiger partial charge in [-0.25, -0.2) is 0 Å². The van der Waals surface area contributed by atoms with E-state index in [4.69, 9.17) is 9.47 Å². The second-order valence-corrected chi connectivity index (χ2v) is 9.80. The largest absolute Gasteiger partial charge is 0.493 e. The number of carbonyl (C=O) groups is 1. The molecule has 6 nitrogen and oxygen atoms in total. The molecule has 1 unspecified atom stereocenters. The van der Waals surface area contributed by atoms with Gasteiger partial charge in [-0.3, -0.25) is 9.28 Å². The van der Waals surface area contributed by atoms with Crippen LogP contribution in [0, 0.1) is 0 Å². The van der Waals surface area contributed by atoms with Gasteiger partial charge in [0, 0.05) is 18.5 Å². The molecule has 2 aromatic rings. The third kappa shape index (κ3) is 2.80. The quantitative estimate of drug-likeness (QED) is 0.284. The van der Waals surface area contributed by atoms with Crippen LogP contribution in [-0.4, -0.2) is 65.5 Å². The fourth-order valence-electron chi connectivity index (χ4n) is 6.22. The zero-order valence-electron chi connectivity index (χ0n) is 19.6. The minimum absolute atomic E-state index is 0.00439. The number of quaternary nitrogens is 1. The van der Waals surface area contributed by atoms with E-state index in [2.05, 4.69) is 0 Å². The molecule has 4 heterocycles. The summed E-state index contributed by atoms with van der Waals surface area (Å²) >= 11 is 0. The first-order chi connectivity index (χ1) is 15.9. The average Bonchev–Trinajstić information content (AvgIpc) is 3.03. The van der Waals surface area contributed by atoms with Crippen LogP contribution in [0.2, 0.25) is 0 Å². The van der Waals surface area contributed by atoms with E-state index in [1.807, 2.05) is 13.8 Å². The standard InChI is InChI=1S/C24H28F4N3O3/c1-15(2)34-17-6-5-16(13-18(17)33-4)21(32)29-10-9-22-19-7-8-20(24(26,27)28)30(19)11-12-31(22,3)23(22,25)14-29/h5-8,13,15H,9-12,14H2,1-4H3/q+1/t22-,23+,31?/m1/s1. The molecule has 1 aromatic carbocycles. The SMILES string of the molecule is COc1cc(C(=O)N2CC[C@]34c5ccc(C(F)(F)F)n5CC[N+]3(C)[C@@]4(F)C2)ccc1OC(C)C. The number of nitrogens with zero attached hydrogens (tertiary/aromatic N) is 3. The van der Waals surface area contributed by atoms with Crippen LogP contribution in [0.4, 0.5) is 17.6 Å². The molecule has 1 spiro atoms. The Labute approximate surface area is 195 Å². The van der Waals surface area contributed by atoms with Crippen LogP contribution in [0.15, 0.2) is 30.3 Å². The van der Waals surface area contributed by atoms with E-state index in [-0.39, 0.29) is 49.1 Å². The summed E-state index contributed by atoms with van der Waals surface area (Å²) in [6.45, 7) is 4.15. The molecular weight excluding hydrogens is 454 g/mol. The number of benzene rings is 1. The number of methoxy groups -OCH3 is 1. The van der Waals surface area contributed by atoms with E-state index in [1.165, 1.54) is 22.6 Å². The van der Waals surface area contributed by atoms with E-state index in [0.717, 1.165) is 6.07 Å². The molecule has 10 heteroatoms. The Morgan fingerprint density at radius 2 is 1.88 bits per heavy atom. The minimum atomic E-state index is -4.50. The van der Waals surface area contributed by atoms with Gasteiger partial charge in [0.1, 0.15) is 18.8 Å². The molecule has 0 N–H and O–H groups in total. The number of alkyl halides is 4. The highest BCUT2D eigenvalue weighted by atomic mass is 19.4. The van der Waals surface area contributed by atoms with Crippen molar-refractivity contribution in [1.82, 2.24) is 9.47 Å². The molecule has 0 aliphatic carbocycles. The van der Waals surface area contributed by atoms with Gasteiger partial charge >= 0.3 is 12.0 Å². The van der Waals surface area contributed by atoms with Gasteiger partial charge in [-0.2, -0.15) is 17.6 Å². The number of carbonyl (C=O) groups excluding carboxylic acids is 1. The predicted octanol–water partition coefficient (Wildman–Crippen LogP) is 4.18. The van der Waals surface area contributed by atoms with Gasteiger partial charge in [-0.15, -0.1) is 0 Å². The molecule has 3 atom stereocenters. The summed E-state index contributed by atoms with van der Waals surface area (Å²) in [5.74, 6) is -1.28. The Balaban J connectivity index is 1.43. The van der Waals surface area contributed by atoms with E-state index in [9.17, 15) is 18.0 Å². The molecule has 184 valence electrons. The van der Waals surface area contributed by atoms with Crippen molar-refractivity contribution in [2.45, 2.75) is 50.4 Å². The van der Waals surface area contributed by atoms with Crippen molar-refractivity contribution < 1.29 is 36.3 Å². The lowest BCUT2D eigenvalue weighted by atomic mass is 9.90. The average molecular weight is 482 g/mol. The van der Waals surface area contributed by atoms with Crippen molar-refractivity contribution in [2.75, 3.05) is 33.8 Å². The zero-order valence-corrected chi connectivity index (χ0v) is 19.6. The van der Waals surface area contributed by atoms with Gasteiger partial charge in [0.2, 0.25) is 5.54 Å². The third-order valence-corrected chi connectivity index (χ3v) is 7.88. The van der Waals surface area contributed by atoms with Crippen molar-refractivity contribution in [1.29, 1.82) is 0 Å². The number of aromatic nitrogens is 1. The van der Waals surface area contributed by atoms with Crippen LogP contribution < -0.4 is 9.47 Å². The zero-order chi connectivity index (χ0) is 24.7. The summed E-state index contributed by atoms with van der Waals surface area (Å²) in [6, 6.07) is 7.31. The Morgan fingerprint density at radius 1 is 1.15 bits per heavy atom. The molecule has 0 radical (unpaired) electrons. The van der Waals surface area contributed by atoms with Gasteiger partial charge in [0.05, 0.1) is 32.5 Å². The lowest BCUT2D eigenvalue weighted by Gasteiger charge is -2.31. The number of halogens is 4. The van der Waals surface area contributed by atoms with Crippen LogP contribution in [0.5, 0.6) is 11.5 Å². The summed E-state index contributed by atoms with van der Waals surface area (Å²) in [7, 11) is 3.23. The number of fused-ring (bicyclic) bond motifs is 2. The van der Waals surface area contributed by atoms with Gasteiger partial charge in [0.15, 0.2) is 11.5 Å². The number of piperidine rings is 1. The lowest BCUT2D eigenvalue weighted by molar-refractivity contribution is -0.851. The number of ether oxygens (including phenoxy) is 2. The van der Waals surface area contributed by atoms with Crippen molar-refractivity contribution in [3.05, 3.63) is 47.3 Å². The first-order valence-corrected chi connectivity index (χ1v) is 11.4. The maximum Gasteiger partial charge on any atom is 0.431 e. The number of likely N-dealkylation sites (tertiary alicyclic amines) is 1. The fourth-order valence-corrected chi connectivity index (χ4v) is 6.22. The first kappa shape index (κ1) is 23.0. The van der Waals surface area contributed by atoms with Gasteiger partial charge in [0.25, 0.3) is 5.91 Å². The van der Waals surface area contributed by atoms with Crippen molar-refractivity contribution >= 4 is 5.91 Å². The molecule has 1 aromatic heterocycles. The molecule has 2 fully saturated rings. The number of rotatable bonds is 4. The van der Waals surface area contributed by atoms with Crippen LogP contribution >= 0.6 is 0 Å². The molecule has 0 bridgehead atoms. The summed E-state index contributed by atoms with van der Waals surface area (Å²) < 4.78 is 69.3. The Hall–Kier alpha value is -2.75. The number of hydrogen-bond acceptors (Lipinski definition) is 3. The fraction of sp³-hybridized carbons (Fsp3) is 0.542. The number of hydrogen-bond donors (Lipinski definition) is 0. The third-order valence-electron chi connectivity index (χ3n) is 7.88. The predicted molar refractivity (Wildman–Crippen MR) is 115 cm³/mol. The van der Waals surface area contributed by atoms with Crippen molar-refractivity contribution in [2.24, 2.45) is 0 Å². The smallest absolute Gasteiger partial charge is 0.431 e. The summed E-state index contributed by atoms with van der Waals surface area (Å²) in [5, 5.41) is 0. The lowest BCUT2D eigenvalue weighted by Crippen LogP contribution is -2.46. The molecule has 1 amide bonds. The summed E-state index contributed by atoms with van der Waals surface area (Å²) in [4.78, 5) is 14.8. The molecule has 3 aliphatic heterocycles. The summed E-state index contributed by atoms with van der Waals surface area (Å²) in [5.41, 5.74) is -1.10. The molecule has 0 saturated carbocycles. The molecule has 34 heavy (non-hydrogen) atoms. The maximum atomic E-state index is 16.6. The van der Waals surface area contributed by atoms with Gasteiger partial charge in [-0.1, -0.05) is 0 Å². The Morgan fingerprint density at radius 3 is 2.53 bits per heavy atom. The second-order valence-electron chi connectivity index (χ2n) is 9.80. The molecular formula is C24H28F4N3O3+. The van der Waals surface area contributed by atoms with Crippen LogP contribution in [0.3, 0.4) is 0 Å². The molecule has 5 rings (SSSR count). The van der Waals surface area contributed by atoms with E-state index < -0.39 is 23.2 Å². The van der Waals surface area contributed by atoms with E-state index >= 15 is 4.39 Å². The molecule has 3 aliphatic rings. The monoisotopic (exact) mass is 482 g/mol. The van der Waals surface area contributed by atoms with E-state index in [1.54, 1.807) is 25.2 Å². The normalized spacial score (nSPS) is 29.9. The first-order valence-electron chi connectivity index (χ1n) is 11.4. The van der Waals surface area contributed by atoms with Crippen molar-refractivity contribution in [3.8, 4) is 11.5 Å². The highest BCUT2D eigenvalue weighted by Crippen LogP contribution is 2.71. The topological polar surface area (TPSA) is 43.7 Å². The van der Waals surface area contributed by atoms with Crippen LogP contribution in [0.25, 0.3) is 0 Å². The van der Waals surface area contributed by atoms with Gasteiger partial charge < -0.3 is 18.9 Å². The highest BCUT2D eigenvalue weighted by molar-refractivity contribution is 5.95. The highest BCUT2D eigenvalue weighted by Gasteiger charge is 2.94. The maximum absolute atomic E-state index is 16.6. The number of amides is 1. The molecule has 2 saturated heterocycles. The van der Waals surface area contributed by atoms with Crippen LogP contribution in [-0.2, 0) is 18.3 Å². The van der Waals surface area contributed by atoms with Gasteiger partial charge in [-0.05, 0) is 44.2 Å². The van der Waals surface area contributed by atoms with Crippen LogP contribution in [0.1, 0.15) is 42.0 Å².